The number of quaternary nitrogens is 2. The van der Waals surface area contributed by atoms with Crippen molar-refractivity contribution in [2.24, 2.45) is 5.14 Å². The maximum atomic E-state index is 11.9. The fraction of sp³-hybridized carbons (Fsp3) is 0.500. The van der Waals surface area contributed by atoms with E-state index in [1.165, 1.54) is 17.0 Å². The van der Waals surface area contributed by atoms with E-state index < -0.39 is 10.0 Å². The normalized spacial score (nSPS) is 16.2. The van der Waals surface area contributed by atoms with Crippen LogP contribution in [0.2, 0.25) is 0 Å². The number of hydrogen-bond acceptors (Lipinski definition) is 4. The van der Waals surface area contributed by atoms with E-state index in [2.05, 4.69) is 5.32 Å². The molecule has 1 aromatic carbocycles. The summed E-state index contributed by atoms with van der Waals surface area (Å²) in [7, 11) is -3.77. The molecule has 2 rings (SSSR count). The third kappa shape index (κ3) is 6.24. The number of ether oxygens (including phenoxy) is 1. The lowest BCUT2D eigenvalue weighted by molar-refractivity contribution is -0.919. The van der Waals surface area contributed by atoms with Crippen LogP contribution < -0.4 is 20.7 Å². The minimum atomic E-state index is -3.77. The van der Waals surface area contributed by atoms with Gasteiger partial charge in [0, 0.05) is 5.69 Å². The second-order valence-corrected chi connectivity index (χ2v) is 7.08. The highest BCUT2D eigenvalue weighted by Gasteiger charge is 2.14. The summed E-state index contributed by atoms with van der Waals surface area (Å²) in [6.45, 7) is 5.79. The van der Waals surface area contributed by atoms with Gasteiger partial charge in [-0.1, -0.05) is 6.07 Å². The van der Waals surface area contributed by atoms with E-state index in [1.54, 1.807) is 12.1 Å². The summed E-state index contributed by atoms with van der Waals surface area (Å²) in [5.41, 5.74) is 0.425. The number of nitrogens with one attached hydrogen (secondary N) is 2. The van der Waals surface area contributed by atoms with Crippen LogP contribution in [-0.4, -0.2) is 60.3 Å². The first-order chi connectivity index (χ1) is 10.9. The fourth-order valence-electron chi connectivity index (χ4n) is 2.41. The van der Waals surface area contributed by atoms with Gasteiger partial charge in [0.25, 0.3) is 5.91 Å². The summed E-state index contributed by atoms with van der Waals surface area (Å²) in [5.74, 6) is -0.173. The molecule has 0 bridgehead atoms. The molecular weight excluding hydrogens is 320 g/mol. The van der Waals surface area contributed by atoms with Gasteiger partial charge in [-0.25, -0.2) is 13.6 Å². The van der Waals surface area contributed by atoms with Crippen molar-refractivity contribution in [2.75, 3.05) is 51.3 Å². The van der Waals surface area contributed by atoms with Crippen molar-refractivity contribution >= 4 is 21.6 Å². The Balaban J connectivity index is 1.72. The molecule has 1 fully saturated rings. The lowest BCUT2D eigenvalue weighted by Gasteiger charge is -2.22. The summed E-state index contributed by atoms with van der Waals surface area (Å²) in [6.07, 6.45) is 0. The molecule has 1 aromatic rings. The molecule has 1 aliphatic heterocycles. The molecule has 128 valence electrons. The number of hydrogen-bond donors (Lipinski definition) is 4. The molecule has 0 aliphatic carbocycles. The average molecular weight is 344 g/mol. The molecule has 0 unspecified atom stereocenters. The zero-order chi connectivity index (χ0) is 16.7. The van der Waals surface area contributed by atoms with Crippen LogP contribution in [0.1, 0.15) is 0 Å². The smallest absolute Gasteiger partial charge is 0.279 e. The van der Waals surface area contributed by atoms with Gasteiger partial charge in [0.05, 0.1) is 18.1 Å². The standard InChI is InChI=1S/C14H22N4O4S/c15-23(20,21)13-3-1-2-12(10-13)17-14(19)11-16-4-5-18-6-8-22-9-7-18/h1-3,10,16H,4-9,11H2,(H,17,19)(H2,15,20,21)/p+2. The van der Waals surface area contributed by atoms with Crippen LogP contribution in [0.15, 0.2) is 29.2 Å². The molecule has 6 N–H and O–H groups in total. The lowest BCUT2D eigenvalue weighted by atomic mass is 10.3. The van der Waals surface area contributed by atoms with E-state index in [4.69, 9.17) is 9.88 Å². The van der Waals surface area contributed by atoms with Crippen molar-refractivity contribution in [3.8, 4) is 0 Å². The number of morpholine rings is 1. The van der Waals surface area contributed by atoms with E-state index in [0.29, 0.717) is 12.2 Å². The summed E-state index contributed by atoms with van der Waals surface area (Å²) < 4.78 is 27.9. The van der Waals surface area contributed by atoms with Crippen molar-refractivity contribution in [3.05, 3.63) is 24.3 Å². The first-order valence-electron chi connectivity index (χ1n) is 7.61. The zero-order valence-corrected chi connectivity index (χ0v) is 13.8. The minimum absolute atomic E-state index is 0.0183. The molecule has 0 saturated carbocycles. The van der Waals surface area contributed by atoms with E-state index in [0.717, 1.165) is 39.4 Å². The van der Waals surface area contributed by atoms with Crippen molar-refractivity contribution in [3.63, 3.8) is 0 Å². The van der Waals surface area contributed by atoms with Crippen LogP contribution in [-0.2, 0) is 19.6 Å². The SMILES string of the molecule is NS(=O)(=O)c1cccc(NC(=O)C[NH2+]CC[NH+]2CCOCC2)c1. The molecule has 9 heteroatoms. The Kier molecular flexibility index (Phi) is 6.48. The maximum Gasteiger partial charge on any atom is 0.279 e. The molecule has 8 nitrogen and oxygen atoms in total. The van der Waals surface area contributed by atoms with E-state index in [1.807, 2.05) is 5.32 Å². The Labute approximate surface area is 136 Å². The topological polar surface area (TPSA) is 120 Å². The summed E-state index contributed by atoms with van der Waals surface area (Å²) >= 11 is 0. The van der Waals surface area contributed by atoms with Crippen LogP contribution >= 0.6 is 0 Å². The quantitative estimate of drug-likeness (QED) is 0.388. The van der Waals surface area contributed by atoms with E-state index in [9.17, 15) is 13.2 Å². The molecule has 0 spiro atoms. The number of benzene rings is 1. The summed E-state index contributed by atoms with van der Waals surface area (Å²) in [6, 6.07) is 5.92. The predicted octanol–water partition coefficient (Wildman–Crippen LogP) is -3.25. The number of sulfonamides is 1. The molecule has 1 amide bonds. The lowest BCUT2D eigenvalue weighted by Crippen LogP contribution is -3.16. The largest absolute Gasteiger partial charge is 0.370 e. The predicted molar refractivity (Wildman–Crippen MR) is 84.5 cm³/mol. The molecule has 0 aromatic heterocycles. The Hall–Kier alpha value is -1.52. The molecule has 1 heterocycles. The zero-order valence-electron chi connectivity index (χ0n) is 13.0. The van der Waals surface area contributed by atoms with Gasteiger partial charge in [0.2, 0.25) is 10.0 Å². The van der Waals surface area contributed by atoms with Crippen LogP contribution in [0.25, 0.3) is 0 Å². The Morgan fingerprint density at radius 1 is 1.35 bits per heavy atom. The van der Waals surface area contributed by atoms with E-state index >= 15 is 0 Å². The number of amides is 1. The number of anilines is 1. The van der Waals surface area contributed by atoms with Crippen LogP contribution in [0.3, 0.4) is 0 Å². The van der Waals surface area contributed by atoms with Gasteiger partial charge in [0.1, 0.15) is 26.2 Å². The Morgan fingerprint density at radius 3 is 2.78 bits per heavy atom. The average Bonchev–Trinajstić information content (AvgIpc) is 2.52. The Morgan fingerprint density at radius 2 is 2.09 bits per heavy atom. The first kappa shape index (κ1) is 17.8. The second-order valence-electron chi connectivity index (χ2n) is 5.51. The molecule has 0 atom stereocenters. The third-order valence-electron chi connectivity index (χ3n) is 3.68. The summed E-state index contributed by atoms with van der Waals surface area (Å²) in [4.78, 5) is 13.4. The highest BCUT2D eigenvalue weighted by molar-refractivity contribution is 7.89. The van der Waals surface area contributed by atoms with Crippen molar-refractivity contribution in [1.29, 1.82) is 0 Å². The number of primary sulfonamides is 1. The summed E-state index contributed by atoms with van der Waals surface area (Å²) in [5, 5.41) is 9.69. The third-order valence-corrected chi connectivity index (χ3v) is 4.59. The maximum absolute atomic E-state index is 11.9. The highest BCUT2D eigenvalue weighted by Crippen LogP contribution is 2.13. The van der Waals surface area contributed by atoms with Crippen molar-refractivity contribution in [1.82, 2.24) is 0 Å². The van der Waals surface area contributed by atoms with Gasteiger partial charge < -0.3 is 20.3 Å². The minimum Gasteiger partial charge on any atom is -0.370 e. The molecular formula is C14H24N4O4S+2. The number of carbonyl (C=O) groups is 1. The van der Waals surface area contributed by atoms with Gasteiger partial charge in [-0.3, -0.25) is 4.79 Å². The number of rotatable bonds is 7. The van der Waals surface area contributed by atoms with Gasteiger partial charge in [-0.15, -0.1) is 0 Å². The first-order valence-corrected chi connectivity index (χ1v) is 9.15. The van der Waals surface area contributed by atoms with E-state index in [-0.39, 0.29) is 10.8 Å². The van der Waals surface area contributed by atoms with Gasteiger partial charge in [-0.2, -0.15) is 0 Å². The monoisotopic (exact) mass is 344 g/mol. The van der Waals surface area contributed by atoms with Crippen LogP contribution in [0, 0.1) is 0 Å². The second kappa shape index (κ2) is 8.37. The molecule has 23 heavy (non-hydrogen) atoms. The van der Waals surface area contributed by atoms with Gasteiger partial charge in [-0.05, 0) is 18.2 Å². The van der Waals surface area contributed by atoms with Gasteiger partial charge >= 0.3 is 0 Å². The number of nitrogens with two attached hydrogens (primary N) is 2. The fourth-order valence-corrected chi connectivity index (χ4v) is 2.97. The van der Waals surface area contributed by atoms with Crippen molar-refractivity contribution in [2.45, 2.75) is 4.90 Å². The Bertz CT molecular complexity index is 629. The van der Waals surface area contributed by atoms with Gasteiger partial charge in [0.15, 0.2) is 6.54 Å². The highest BCUT2D eigenvalue weighted by atomic mass is 32.2. The molecule has 0 radical (unpaired) electrons. The van der Waals surface area contributed by atoms with Crippen LogP contribution in [0.4, 0.5) is 5.69 Å². The molecule has 1 aliphatic rings. The van der Waals surface area contributed by atoms with Crippen LogP contribution in [0.5, 0.6) is 0 Å². The number of carbonyl (C=O) groups excluding carboxylic acids is 1. The van der Waals surface area contributed by atoms with Crippen molar-refractivity contribution < 1.29 is 28.2 Å². The molecule has 1 saturated heterocycles.